The molecule has 2 N–H and O–H groups in total. The molecule has 0 saturated carbocycles. The number of hydrogen-bond donors (Lipinski definition) is 1. The molecule has 1 atom stereocenters. The summed E-state index contributed by atoms with van der Waals surface area (Å²) in [5, 5.41) is 0. The lowest BCUT2D eigenvalue weighted by molar-refractivity contribution is -0.133. The molecule has 1 rings (SSSR count). The predicted molar refractivity (Wildman–Crippen MR) is 76.2 cm³/mol. The minimum Gasteiger partial charge on any atom is -0.342 e. The van der Waals surface area contributed by atoms with Crippen molar-refractivity contribution >= 4 is 5.91 Å². The van der Waals surface area contributed by atoms with Crippen LogP contribution in [0.15, 0.2) is 12.2 Å². The molecule has 3 heteroatoms. The van der Waals surface area contributed by atoms with E-state index in [1.54, 1.807) is 0 Å². The lowest BCUT2D eigenvalue weighted by Gasteiger charge is -2.32. The first-order chi connectivity index (χ1) is 8.48. The fourth-order valence-corrected chi connectivity index (χ4v) is 2.36. The average Bonchev–Trinajstić information content (AvgIpc) is 2.81. The highest BCUT2D eigenvalue weighted by molar-refractivity contribution is 5.76. The molecule has 0 bridgehead atoms. The number of nitrogens with two attached hydrogens (primary N) is 1. The molecule has 1 aliphatic carbocycles. The SMILES string of the molecule is CCCN(CC(C)(C)CN)C(=O)CC1C=CCC1. The van der Waals surface area contributed by atoms with Gasteiger partial charge in [0.05, 0.1) is 0 Å². The van der Waals surface area contributed by atoms with Gasteiger partial charge in [0.1, 0.15) is 0 Å². The molecule has 1 aliphatic rings. The molecule has 104 valence electrons. The van der Waals surface area contributed by atoms with E-state index in [4.69, 9.17) is 5.73 Å². The van der Waals surface area contributed by atoms with Gasteiger partial charge in [-0.15, -0.1) is 0 Å². The molecule has 0 radical (unpaired) electrons. The summed E-state index contributed by atoms with van der Waals surface area (Å²) in [5.74, 6) is 0.743. The summed E-state index contributed by atoms with van der Waals surface area (Å²) in [6.45, 7) is 8.59. The standard InChI is InChI=1S/C15H28N2O/c1-4-9-17(12-15(2,3)11-16)14(18)10-13-7-5-6-8-13/h5,7,13H,4,6,8-12,16H2,1-3H3. The monoisotopic (exact) mass is 252 g/mol. The molecule has 0 aromatic rings. The molecule has 0 aliphatic heterocycles. The van der Waals surface area contributed by atoms with Gasteiger partial charge in [0.2, 0.25) is 5.91 Å². The second kappa shape index (κ2) is 6.93. The zero-order valence-corrected chi connectivity index (χ0v) is 12.1. The van der Waals surface area contributed by atoms with E-state index in [9.17, 15) is 4.79 Å². The topological polar surface area (TPSA) is 46.3 Å². The Kier molecular flexibility index (Phi) is 5.86. The van der Waals surface area contributed by atoms with Crippen molar-refractivity contribution in [2.75, 3.05) is 19.6 Å². The van der Waals surface area contributed by atoms with Gasteiger partial charge in [0, 0.05) is 19.5 Å². The van der Waals surface area contributed by atoms with Crippen LogP contribution in [0.5, 0.6) is 0 Å². The van der Waals surface area contributed by atoms with Crippen LogP contribution in [0, 0.1) is 11.3 Å². The maximum Gasteiger partial charge on any atom is 0.223 e. The molecule has 0 aromatic heterocycles. The smallest absolute Gasteiger partial charge is 0.223 e. The van der Waals surface area contributed by atoms with Gasteiger partial charge in [-0.3, -0.25) is 4.79 Å². The first-order valence-corrected chi connectivity index (χ1v) is 7.13. The minimum atomic E-state index is 0.0103. The van der Waals surface area contributed by atoms with Gasteiger partial charge in [-0.25, -0.2) is 0 Å². The maximum absolute atomic E-state index is 12.3. The van der Waals surface area contributed by atoms with Crippen molar-refractivity contribution in [3.05, 3.63) is 12.2 Å². The highest BCUT2D eigenvalue weighted by atomic mass is 16.2. The van der Waals surface area contributed by atoms with Gasteiger partial charge < -0.3 is 10.6 Å². The van der Waals surface area contributed by atoms with Gasteiger partial charge in [-0.2, -0.15) is 0 Å². The van der Waals surface area contributed by atoms with Crippen molar-refractivity contribution in [3.8, 4) is 0 Å². The Morgan fingerprint density at radius 2 is 2.22 bits per heavy atom. The van der Waals surface area contributed by atoms with Crippen LogP contribution in [0.2, 0.25) is 0 Å². The molecule has 3 nitrogen and oxygen atoms in total. The Bertz CT molecular complexity index is 297. The Hall–Kier alpha value is -0.830. The Morgan fingerprint density at radius 1 is 1.50 bits per heavy atom. The summed E-state index contributed by atoms with van der Waals surface area (Å²) in [5.41, 5.74) is 5.78. The molecule has 0 fully saturated rings. The van der Waals surface area contributed by atoms with Crippen molar-refractivity contribution in [3.63, 3.8) is 0 Å². The second-order valence-electron chi connectivity index (χ2n) is 6.15. The zero-order chi connectivity index (χ0) is 13.6. The first kappa shape index (κ1) is 15.2. The highest BCUT2D eigenvalue weighted by Crippen LogP contribution is 2.23. The minimum absolute atomic E-state index is 0.0103. The molecular formula is C15H28N2O. The number of carbonyl (C=O) groups excluding carboxylic acids is 1. The van der Waals surface area contributed by atoms with Crippen molar-refractivity contribution in [1.82, 2.24) is 4.90 Å². The largest absolute Gasteiger partial charge is 0.342 e. The summed E-state index contributed by atoms with van der Waals surface area (Å²) >= 11 is 0. The zero-order valence-electron chi connectivity index (χ0n) is 12.1. The maximum atomic E-state index is 12.3. The Morgan fingerprint density at radius 3 is 2.72 bits per heavy atom. The van der Waals surface area contributed by atoms with E-state index in [0.717, 1.165) is 32.4 Å². The van der Waals surface area contributed by atoms with Crippen LogP contribution >= 0.6 is 0 Å². The molecule has 1 unspecified atom stereocenters. The van der Waals surface area contributed by atoms with E-state index >= 15 is 0 Å². The van der Waals surface area contributed by atoms with Gasteiger partial charge in [-0.05, 0) is 37.1 Å². The van der Waals surface area contributed by atoms with Gasteiger partial charge in [0.15, 0.2) is 0 Å². The van der Waals surface area contributed by atoms with E-state index in [2.05, 4.69) is 32.9 Å². The van der Waals surface area contributed by atoms with Crippen LogP contribution < -0.4 is 5.73 Å². The molecule has 0 heterocycles. The fraction of sp³-hybridized carbons (Fsp3) is 0.800. The first-order valence-electron chi connectivity index (χ1n) is 7.13. The number of amides is 1. The van der Waals surface area contributed by atoms with E-state index in [1.165, 1.54) is 0 Å². The third kappa shape index (κ3) is 4.81. The van der Waals surface area contributed by atoms with Crippen LogP contribution in [-0.2, 0) is 4.79 Å². The molecule has 1 amide bonds. The van der Waals surface area contributed by atoms with Crippen molar-refractivity contribution in [1.29, 1.82) is 0 Å². The van der Waals surface area contributed by atoms with Gasteiger partial charge in [-0.1, -0.05) is 32.9 Å². The molecular weight excluding hydrogens is 224 g/mol. The number of allylic oxidation sites excluding steroid dienone is 2. The summed E-state index contributed by atoms with van der Waals surface area (Å²) in [6.07, 6.45) is 8.30. The normalized spacial score (nSPS) is 19.2. The van der Waals surface area contributed by atoms with Gasteiger partial charge >= 0.3 is 0 Å². The average molecular weight is 252 g/mol. The summed E-state index contributed by atoms with van der Waals surface area (Å²) in [4.78, 5) is 14.3. The molecule has 18 heavy (non-hydrogen) atoms. The molecule has 0 aromatic carbocycles. The van der Waals surface area contributed by atoms with Crippen molar-refractivity contribution < 1.29 is 4.79 Å². The van der Waals surface area contributed by atoms with Crippen LogP contribution in [0.25, 0.3) is 0 Å². The van der Waals surface area contributed by atoms with E-state index in [-0.39, 0.29) is 11.3 Å². The fourth-order valence-electron chi connectivity index (χ4n) is 2.36. The highest BCUT2D eigenvalue weighted by Gasteiger charge is 2.24. The summed E-state index contributed by atoms with van der Waals surface area (Å²) < 4.78 is 0. The second-order valence-corrected chi connectivity index (χ2v) is 6.15. The number of rotatable bonds is 7. The number of hydrogen-bond acceptors (Lipinski definition) is 2. The molecule has 0 saturated heterocycles. The molecule has 0 spiro atoms. The third-order valence-electron chi connectivity index (χ3n) is 3.57. The summed E-state index contributed by atoms with van der Waals surface area (Å²) in [7, 11) is 0. The van der Waals surface area contributed by atoms with E-state index in [0.29, 0.717) is 18.9 Å². The van der Waals surface area contributed by atoms with E-state index < -0.39 is 0 Å². The number of nitrogens with zero attached hydrogens (tertiary/aromatic N) is 1. The van der Waals surface area contributed by atoms with E-state index in [1.807, 2.05) is 4.90 Å². The predicted octanol–water partition coefficient (Wildman–Crippen LogP) is 2.57. The Labute approximate surface area is 111 Å². The van der Waals surface area contributed by atoms with Gasteiger partial charge in [0.25, 0.3) is 0 Å². The summed E-state index contributed by atoms with van der Waals surface area (Å²) in [6, 6.07) is 0. The Balaban J connectivity index is 2.54. The van der Waals surface area contributed by atoms with Crippen LogP contribution in [-0.4, -0.2) is 30.4 Å². The lowest BCUT2D eigenvalue weighted by Crippen LogP contribution is -2.42. The van der Waals surface area contributed by atoms with Crippen LogP contribution in [0.4, 0.5) is 0 Å². The quantitative estimate of drug-likeness (QED) is 0.708. The third-order valence-corrected chi connectivity index (χ3v) is 3.57. The van der Waals surface area contributed by atoms with Crippen molar-refractivity contribution in [2.24, 2.45) is 17.1 Å². The lowest BCUT2D eigenvalue weighted by atomic mass is 9.92. The van der Waals surface area contributed by atoms with Crippen molar-refractivity contribution in [2.45, 2.75) is 46.5 Å². The van der Waals surface area contributed by atoms with Crippen LogP contribution in [0.3, 0.4) is 0 Å². The number of carbonyl (C=O) groups is 1. The van der Waals surface area contributed by atoms with Crippen LogP contribution in [0.1, 0.15) is 46.5 Å².